The van der Waals surface area contributed by atoms with Crippen molar-refractivity contribution in [2.75, 3.05) is 24.5 Å². The van der Waals surface area contributed by atoms with Gasteiger partial charge in [0.05, 0.1) is 0 Å². The maximum atomic E-state index is 12.7. The fourth-order valence-electron chi connectivity index (χ4n) is 3.55. The van der Waals surface area contributed by atoms with Crippen LogP contribution in [0.2, 0.25) is 0 Å². The molecular formula is C18H25N3O2. The fourth-order valence-corrected chi connectivity index (χ4v) is 3.55. The van der Waals surface area contributed by atoms with Crippen molar-refractivity contribution >= 4 is 17.6 Å². The highest BCUT2D eigenvalue weighted by atomic mass is 16.2. The summed E-state index contributed by atoms with van der Waals surface area (Å²) in [6.45, 7) is 6.04. The normalized spacial score (nSPS) is 21.7. The lowest BCUT2D eigenvalue weighted by molar-refractivity contribution is -0.129. The number of para-hydroxylation sites is 1. The van der Waals surface area contributed by atoms with E-state index in [0.29, 0.717) is 5.92 Å². The Bertz CT molecular complexity index is 594. The number of nitrogens with one attached hydrogen (secondary N) is 1. The molecule has 2 aliphatic rings. The molecule has 3 amide bonds. The smallest absolute Gasteiger partial charge is 0.322 e. The third-order valence-corrected chi connectivity index (χ3v) is 5.06. The Morgan fingerprint density at radius 3 is 2.48 bits per heavy atom. The van der Waals surface area contributed by atoms with Gasteiger partial charge in [-0.2, -0.15) is 0 Å². The Labute approximate surface area is 137 Å². The topological polar surface area (TPSA) is 52.7 Å². The Morgan fingerprint density at radius 2 is 1.78 bits per heavy atom. The molecule has 5 nitrogen and oxygen atoms in total. The molecule has 1 N–H and O–H groups in total. The third kappa shape index (κ3) is 3.33. The molecule has 0 aromatic heterocycles. The van der Waals surface area contributed by atoms with Gasteiger partial charge < -0.3 is 10.2 Å². The molecule has 0 radical (unpaired) electrons. The predicted octanol–water partition coefficient (Wildman–Crippen LogP) is 2.72. The molecule has 1 fully saturated rings. The van der Waals surface area contributed by atoms with Crippen LogP contribution in [-0.2, 0) is 4.79 Å². The molecule has 124 valence electrons. The molecule has 5 heteroatoms. The van der Waals surface area contributed by atoms with Crippen LogP contribution in [0.15, 0.2) is 24.3 Å². The van der Waals surface area contributed by atoms with Crippen LogP contribution in [0.1, 0.15) is 44.6 Å². The molecule has 1 unspecified atom stereocenters. The summed E-state index contributed by atoms with van der Waals surface area (Å²) in [5.41, 5.74) is 2.28. The first-order valence-electron chi connectivity index (χ1n) is 8.48. The van der Waals surface area contributed by atoms with Gasteiger partial charge in [0.2, 0.25) is 5.91 Å². The van der Waals surface area contributed by atoms with Crippen LogP contribution < -0.4 is 10.2 Å². The lowest BCUT2D eigenvalue weighted by Gasteiger charge is -2.36. The van der Waals surface area contributed by atoms with Crippen LogP contribution in [-0.4, -0.2) is 42.5 Å². The molecule has 1 saturated heterocycles. The van der Waals surface area contributed by atoms with Gasteiger partial charge >= 0.3 is 6.03 Å². The maximum absolute atomic E-state index is 12.7. The van der Waals surface area contributed by atoms with Crippen LogP contribution in [0.5, 0.6) is 0 Å². The number of hydrogen-bond donors (Lipinski definition) is 1. The van der Waals surface area contributed by atoms with Crippen molar-refractivity contribution in [2.45, 2.75) is 45.1 Å². The van der Waals surface area contributed by atoms with Gasteiger partial charge in [0.25, 0.3) is 0 Å². The fraction of sp³-hybridized carbons (Fsp3) is 0.556. The number of benzene rings is 1. The van der Waals surface area contributed by atoms with Crippen LogP contribution in [0.25, 0.3) is 0 Å². The number of amides is 3. The summed E-state index contributed by atoms with van der Waals surface area (Å²) in [7, 11) is 0. The van der Waals surface area contributed by atoms with Crippen LogP contribution >= 0.6 is 0 Å². The maximum Gasteiger partial charge on any atom is 0.322 e. The molecule has 1 atom stereocenters. The number of rotatable bonds is 1. The van der Waals surface area contributed by atoms with E-state index in [0.717, 1.165) is 44.6 Å². The molecule has 1 aromatic carbocycles. The first-order chi connectivity index (χ1) is 11.1. The van der Waals surface area contributed by atoms with Crippen LogP contribution in [0.4, 0.5) is 10.5 Å². The number of anilines is 1. The molecular weight excluding hydrogens is 290 g/mol. The van der Waals surface area contributed by atoms with Gasteiger partial charge in [-0.1, -0.05) is 25.1 Å². The number of carbonyl (C=O) groups is 2. The average Bonchev–Trinajstić information content (AvgIpc) is 2.56. The van der Waals surface area contributed by atoms with Crippen molar-refractivity contribution < 1.29 is 9.59 Å². The summed E-state index contributed by atoms with van der Waals surface area (Å²) in [5, 5.41) is 3.15. The van der Waals surface area contributed by atoms with Crippen LogP contribution in [0.3, 0.4) is 0 Å². The van der Waals surface area contributed by atoms with Crippen molar-refractivity contribution in [1.82, 2.24) is 10.2 Å². The van der Waals surface area contributed by atoms with Gasteiger partial charge in [0.15, 0.2) is 0 Å². The van der Waals surface area contributed by atoms with Crippen molar-refractivity contribution in [3.8, 4) is 0 Å². The highest BCUT2D eigenvalue weighted by Crippen LogP contribution is 2.34. The SMILES string of the molecule is CC(=O)N1CCC(NC(=O)N2CCC(C)c3ccccc32)CC1. The second-order valence-corrected chi connectivity index (χ2v) is 6.63. The number of urea groups is 1. The zero-order chi connectivity index (χ0) is 16.4. The minimum absolute atomic E-state index is 0.00868. The van der Waals surface area contributed by atoms with E-state index in [1.54, 1.807) is 6.92 Å². The number of nitrogens with zero attached hydrogens (tertiary/aromatic N) is 2. The third-order valence-electron chi connectivity index (χ3n) is 5.06. The Hall–Kier alpha value is -2.04. The Kier molecular flexibility index (Phi) is 4.55. The van der Waals surface area contributed by atoms with E-state index in [-0.39, 0.29) is 18.0 Å². The Balaban J connectivity index is 1.64. The Morgan fingerprint density at radius 1 is 1.09 bits per heavy atom. The van der Waals surface area contributed by atoms with Gasteiger partial charge in [-0.15, -0.1) is 0 Å². The standard InChI is InChI=1S/C18H25N3O2/c1-13-7-12-21(17-6-4-3-5-16(13)17)18(23)19-15-8-10-20(11-9-15)14(2)22/h3-6,13,15H,7-12H2,1-2H3,(H,19,23). The monoisotopic (exact) mass is 315 g/mol. The van der Waals surface area contributed by atoms with Crippen molar-refractivity contribution in [3.63, 3.8) is 0 Å². The zero-order valence-corrected chi connectivity index (χ0v) is 13.9. The van der Waals surface area contributed by atoms with Gasteiger partial charge in [0, 0.05) is 38.3 Å². The predicted molar refractivity (Wildman–Crippen MR) is 90.6 cm³/mol. The molecule has 2 aliphatic heterocycles. The molecule has 23 heavy (non-hydrogen) atoms. The molecule has 3 rings (SSSR count). The van der Waals surface area contributed by atoms with E-state index in [1.807, 2.05) is 28.0 Å². The quantitative estimate of drug-likeness (QED) is 0.866. The van der Waals surface area contributed by atoms with E-state index < -0.39 is 0 Å². The molecule has 1 aromatic rings. The van der Waals surface area contributed by atoms with E-state index in [9.17, 15) is 9.59 Å². The highest BCUT2D eigenvalue weighted by molar-refractivity contribution is 5.93. The zero-order valence-electron chi connectivity index (χ0n) is 13.9. The highest BCUT2D eigenvalue weighted by Gasteiger charge is 2.28. The summed E-state index contributed by atoms with van der Waals surface area (Å²) < 4.78 is 0. The largest absolute Gasteiger partial charge is 0.343 e. The van der Waals surface area contributed by atoms with Crippen molar-refractivity contribution in [1.29, 1.82) is 0 Å². The van der Waals surface area contributed by atoms with Gasteiger partial charge in [0.1, 0.15) is 0 Å². The van der Waals surface area contributed by atoms with Gasteiger partial charge in [-0.05, 0) is 36.8 Å². The van der Waals surface area contributed by atoms with E-state index in [2.05, 4.69) is 18.3 Å². The minimum atomic E-state index is -0.00868. The number of fused-ring (bicyclic) bond motifs is 1. The number of hydrogen-bond acceptors (Lipinski definition) is 2. The van der Waals surface area contributed by atoms with Gasteiger partial charge in [-0.25, -0.2) is 4.79 Å². The minimum Gasteiger partial charge on any atom is -0.343 e. The number of likely N-dealkylation sites (tertiary alicyclic amines) is 1. The summed E-state index contributed by atoms with van der Waals surface area (Å²) in [5.74, 6) is 0.614. The number of carbonyl (C=O) groups excluding carboxylic acids is 2. The molecule has 0 saturated carbocycles. The first-order valence-corrected chi connectivity index (χ1v) is 8.48. The first kappa shape index (κ1) is 15.8. The average molecular weight is 315 g/mol. The lowest BCUT2D eigenvalue weighted by atomic mass is 9.92. The lowest BCUT2D eigenvalue weighted by Crippen LogP contribution is -2.51. The molecule has 0 bridgehead atoms. The molecule has 0 spiro atoms. The molecule has 0 aliphatic carbocycles. The second kappa shape index (κ2) is 6.60. The number of piperidine rings is 1. The van der Waals surface area contributed by atoms with Crippen LogP contribution in [0, 0.1) is 0 Å². The van der Waals surface area contributed by atoms with E-state index >= 15 is 0 Å². The summed E-state index contributed by atoms with van der Waals surface area (Å²) in [4.78, 5) is 27.8. The van der Waals surface area contributed by atoms with E-state index in [1.165, 1.54) is 5.56 Å². The van der Waals surface area contributed by atoms with Crippen molar-refractivity contribution in [3.05, 3.63) is 29.8 Å². The van der Waals surface area contributed by atoms with E-state index in [4.69, 9.17) is 0 Å². The molecule has 2 heterocycles. The van der Waals surface area contributed by atoms with Gasteiger partial charge in [-0.3, -0.25) is 9.69 Å². The summed E-state index contributed by atoms with van der Waals surface area (Å²) in [6, 6.07) is 8.32. The summed E-state index contributed by atoms with van der Waals surface area (Å²) in [6.07, 6.45) is 2.65. The summed E-state index contributed by atoms with van der Waals surface area (Å²) >= 11 is 0. The second-order valence-electron chi connectivity index (χ2n) is 6.63. The van der Waals surface area contributed by atoms with Crippen molar-refractivity contribution in [2.24, 2.45) is 0 Å².